The van der Waals surface area contributed by atoms with Crippen LogP contribution < -0.4 is 20.1 Å². The number of para-hydroxylation sites is 2. The Bertz CT molecular complexity index is 2330. The number of Topliss-reactive ketones (excluding diaryl/α,β-unsaturated/α-hetero) is 1. The number of pyridine rings is 2. The summed E-state index contributed by atoms with van der Waals surface area (Å²) < 4.78 is 14.4. The van der Waals surface area contributed by atoms with Gasteiger partial charge < -0.3 is 20.1 Å². The van der Waals surface area contributed by atoms with Gasteiger partial charge in [0, 0.05) is 40.0 Å². The number of hydrogen-bond donors (Lipinski definition) is 2. The number of halogens is 2. The molecule has 0 atom stereocenters. The third-order valence-electron chi connectivity index (χ3n) is 8.08. The van der Waals surface area contributed by atoms with Crippen LogP contribution in [-0.2, 0) is 18.9 Å². The third kappa shape index (κ3) is 9.76. The summed E-state index contributed by atoms with van der Waals surface area (Å²) in [6, 6.07) is 14.3. The number of ketones is 1. The molecule has 0 unspecified atom stereocenters. The summed E-state index contributed by atoms with van der Waals surface area (Å²) in [6.07, 6.45) is 6.55. The third-order valence-corrected chi connectivity index (χ3v) is 8.50. The van der Waals surface area contributed by atoms with Crippen LogP contribution in [0.2, 0.25) is 10.3 Å². The first-order valence-electron chi connectivity index (χ1n) is 17.1. The van der Waals surface area contributed by atoms with Crippen LogP contribution >= 0.6 is 23.2 Å². The number of hydroxylamine groups is 2. The normalized spacial score (nSPS) is 10.8. The molecule has 16 nitrogen and oxygen atoms in total. The summed E-state index contributed by atoms with van der Waals surface area (Å²) >= 11 is 12.1. The van der Waals surface area contributed by atoms with Crippen molar-refractivity contribution < 1.29 is 23.9 Å². The lowest BCUT2D eigenvalue weighted by Crippen LogP contribution is -2.26. The molecule has 0 aliphatic heterocycles. The van der Waals surface area contributed by atoms with Crippen molar-refractivity contribution in [3.8, 4) is 34.3 Å². The molecule has 18 heteroatoms. The van der Waals surface area contributed by atoms with Gasteiger partial charge in [0.1, 0.15) is 23.0 Å². The first-order valence-corrected chi connectivity index (χ1v) is 17.9. The Balaban J connectivity index is 0.000000214. The van der Waals surface area contributed by atoms with Crippen molar-refractivity contribution >= 4 is 57.6 Å². The molecule has 1 amide bonds. The van der Waals surface area contributed by atoms with E-state index in [1.54, 1.807) is 62.5 Å². The summed E-state index contributed by atoms with van der Waals surface area (Å²) in [5.74, 6) is 2.03. The lowest BCUT2D eigenvalue weighted by Gasteiger charge is -2.18. The smallest absolute Gasteiger partial charge is 0.280 e. The van der Waals surface area contributed by atoms with E-state index in [2.05, 4.69) is 40.8 Å². The second kappa shape index (κ2) is 18.5. The number of rotatable bonds is 13. The minimum Gasteiger partial charge on any atom is -0.494 e. The largest absolute Gasteiger partial charge is 0.494 e. The number of benzene rings is 2. The monoisotopic (exact) mass is 801 g/mol. The van der Waals surface area contributed by atoms with Gasteiger partial charge in [-0.1, -0.05) is 49.2 Å². The van der Waals surface area contributed by atoms with Crippen LogP contribution in [0.3, 0.4) is 0 Å². The summed E-state index contributed by atoms with van der Waals surface area (Å²) in [5.41, 5.74) is 4.54. The number of carbonyl (C=O) groups excluding carboxylic acids is 2. The van der Waals surface area contributed by atoms with Gasteiger partial charge in [0.25, 0.3) is 5.91 Å². The Morgan fingerprint density at radius 1 is 0.732 bits per heavy atom. The van der Waals surface area contributed by atoms with Gasteiger partial charge in [-0.25, -0.2) is 25.0 Å². The minimum absolute atomic E-state index is 0.00295. The van der Waals surface area contributed by atoms with Crippen molar-refractivity contribution in [2.75, 3.05) is 39.0 Å². The van der Waals surface area contributed by atoms with E-state index < -0.39 is 0 Å². The average molecular weight is 803 g/mol. The molecular formula is C38H41Cl2N11O5. The average Bonchev–Trinajstić information content (AvgIpc) is 3.81. The summed E-state index contributed by atoms with van der Waals surface area (Å²) in [7, 11) is 9.63. The van der Waals surface area contributed by atoms with Crippen molar-refractivity contribution in [1.82, 2.24) is 44.6 Å². The van der Waals surface area contributed by atoms with E-state index in [9.17, 15) is 9.59 Å². The van der Waals surface area contributed by atoms with Gasteiger partial charge in [-0.15, -0.1) is 0 Å². The van der Waals surface area contributed by atoms with Crippen molar-refractivity contribution in [3.63, 3.8) is 0 Å². The molecule has 4 heterocycles. The lowest BCUT2D eigenvalue weighted by atomic mass is 10.0. The first kappa shape index (κ1) is 41.1. The Hall–Kier alpha value is -6.10. The van der Waals surface area contributed by atoms with Gasteiger partial charge in [0.05, 0.1) is 66.3 Å². The van der Waals surface area contributed by atoms with Crippen molar-refractivity contribution in [1.29, 1.82) is 0 Å². The summed E-state index contributed by atoms with van der Waals surface area (Å²) in [5, 5.41) is 16.8. The highest BCUT2D eigenvalue weighted by molar-refractivity contribution is 6.30. The van der Waals surface area contributed by atoms with Crippen LogP contribution in [-0.4, -0.2) is 84.6 Å². The molecule has 0 saturated carbocycles. The number of ether oxygens (including phenoxy) is 2. The van der Waals surface area contributed by atoms with Crippen LogP contribution in [0.15, 0.2) is 73.6 Å². The van der Waals surface area contributed by atoms with Crippen LogP contribution in [0.25, 0.3) is 22.8 Å². The molecule has 0 saturated heterocycles. The highest BCUT2D eigenvalue weighted by Crippen LogP contribution is 2.39. The zero-order valence-electron chi connectivity index (χ0n) is 32.0. The lowest BCUT2D eigenvalue weighted by molar-refractivity contribution is -0.0756. The standard InChI is InChI=1S/C20H22ClN5O2.C18H19ClN6O3/c1-12(2)8-17(27)14-10-22-18(21)9-16(14)24-15-7-5-6-13(19(15)28-4)20-23-11-26(3)25-20;1-24-10-21-17(23-24)11-6-5-7-13(16(11)27-3)22-14-8-15(19)20-9-12(14)18(26)25(2)28-4/h5-7,9-12H,8H2,1-4H3,(H,22,24);5-10H,1-4H3,(H,20,22). The first-order chi connectivity index (χ1) is 26.8. The predicted octanol–water partition coefficient (Wildman–Crippen LogP) is 7.43. The number of methoxy groups -OCH3 is 2. The molecule has 6 rings (SSSR count). The van der Waals surface area contributed by atoms with E-state index in [-0.39, 0.29) is 28.3 Å². The fourth-order valence-electron chi connectivity index (χ4n) is 5.47. The molecule has 0 aliphatic carbocycles. The second-order valence-electron chi connectivity index (χ2n) is 12.6. The maximum atomic E-state index is 12.6. The van der Waals surface area contributed by atoms with Gasteiger partial charge in [-0.2, -0.15) is 10.2 Å². The number of nitrogens with one attached hydrogen (secondary N) is 2. The molecule has 0 spiro atoms. The molecule has 0 bridgehead atoms. The fraction of sp³-hybridized carbons (Fsp3) is 0.263. The van der Waals surface area contributed by atoms with E-state index in [1.165, 1.54) is 26.6 Å². The second-order valence-corrected chi connectivity index (χ2v) is 13.4. The van der Waals surface area contributed by atoms with E-state index >= 15 is 0 Å². The van der Waals surface area contributed by atoms with Gasteiger partial charge in [-0.3, -0.25) is 23.8 Å². The molecule has 6 aromatic rings. The molecule has 292 valence electrons. The predicted molar refractivity (Wildman–Crippen MR) is 214 cm³/mol. The van der Waals surface area contributed by atoms with E-state index in [0.717, 1.165) is 10.6 Å². The summed E-state index contributed by atoms with van der Waals surface area (Å²) in [4.78, 5) is 46.8. The number of aromatic nitrogens is 8. The summed E-state index contributed by atoms with van der Waals surface area (Å²) in [6.45, 7) is 4.00. The number of amides is 1. The fourth-order valence-corrected chi connectivity index (χ4v) is 5.79. The van der Waals surface area contributed by atoms with Crippen LogP contribution in [0.1, 0.15) is 41.0 Å². The highest BCUT2D eigenvalue weighted by Gasteiger charge is 2.21. The molecular weight excluding hydrogens is 761 g/mol. The van der Waals surface area contributed by atoms with Crippen LogP contribution in [0.5, 0.6) is 11.5 Å². The number of anilines is 4. The maximum Gasteiger partial charge on any atom is 0.280 e. The number of aryl methyl sites for hydroxylation is 2. The Morgan fingerprint density at radius 2 is 1.20 bits per heavy atom. The molecule has 0 fully saturated rings. The Morgan fingerprint density at radius 3 is 1.61 bits per heavy atom. The SMILES string of the molecule is COc1c(Nc2cc(Cl)ncc2C(=O)CC(C)C)cccc1-c1ncn(C)n1.COc1c(Nc2cc(Cl)ncc2C(=O)N(C)OC)cccc1-c1ncn(C)n1. The van der Waals surface area contributed by atoms with E-state index in [1.807, 2.05) is 50.2 Å². The number of carbonyl (C=O) groups is 2. The molecule has 56 heavy (non-hydrogen) atoms. The van der Waals surface area contributed by atoms with E-state index in [4.69, 9.17) is 37.5 Å². The van der Waals surface area contributed by atoms with Crippen molar-refractivity contribution in [2.24, 2.45) is 20.0 Å². The van der Waals surface area contributed by atoms with Crippen molar-refractivity contribution in [2.45, 2.75) is 20.3 Å². The van der Waals surface area contributed by atoms with Crippen LogP contribution in [0.4, 0.5) is 22.7 Å². The minimum atomic E-state index is -0.379. The highest BCUT2D eigenvalue weighted by atomic mass is 35.5. The Labute approximate surface area is 333 Å². The van der Waals surface area contributed by atoms with Gasteiger partial charge in [0.2, 0.25) is 0 Å². The van der Waals surface area contributed by atoms with Gasteiger partial charge >= 0.3 is 0 Å². The molecule has 0 aliphatic rings. The topological polar surface area (TPSA) is 176 Å². The zero-order chi connectivity index (χ0) is 40.5. The van der Waals surface area contributed by atoms with Crippen molar-refractivity contribution in [3.05, 3.63) is 95.0 Å². The Kier molecular flexibility index (Phi) is 13.6. The number of hydrogen-bond acceptors (Lipinski definition) is 13. The number of nitrogens with zero attached hydrogens (tertiary/aromatic N) is 9. The molecule has 2 N–H and O–H groups in total. The molecule has 0 radical (unpaired) electrons. The van der Waals surface area contributed by atoms with Gasteiger partial charge in [-0.05, 0) is 42.3 Å². The molecule has 2 aromatic carbocycles. The zero-order valence-corrected chi connectivity index (χ0v) is 33.5. The van der Waals surface area contributed by atoms with Crippen LogP contribution in [0, 0.1) is 5.92 Å². The van der Waals surface area contributed by atoms with E-state index in [0.29, 0.717) is 68.6 Å². The maximum absolute atomic E-state index is 12.6. The van der Waals surface area contributed by atoms with Gasteiger partial charge in [0.15, 0.2) is 28.9 Å². The quantitative estimate of drug-likeness (QED) is 0.0671. The molecule has 4 aromatic heterocycles.